The Hall–Kier alpha value is -1.70. The van der Waals surface area contributed by atoms with E-state index in [2.05, 4.69) is 10.6 Å². The minimum Gasteiger partial charge on any atom is -0.480 e. The third-order valence-electron chi connectivity index (χ3n) is 3.58. The van der Waals surface area contributed by atoms with Gasteiger partial charge in [0.1, 0.15) is 11.7 Å². The van der Waals surface area contributed by atoms with E-state index in [0.717, 1.165) is 6.42 Å². The highest BCUT2D eigenvalue weighted by Gasteiger charge is 2.32. The van der Waals surface area contributed by atoms with Crippen molar-refractivity contribution in [2.75, 3.05) is 6.54 Å². The zero-order valence-corrected chi connectivity index (χ0v) is 12.9. The Balaban J connectivity index is 2.62. The number of nitrogens with two attached hydrogens (primary N) is 1. The van der Waals surface area contributed by atoms with Crippen molar-refractivity contribution in [1.29, 1.82) is 0 Å². The van der Waals surface area contributed by atoms with E-state index in [1.807, 2.05) is 0 Å². The summed E-state index contributed by atoms with van der Waals surface area (Å²) in [5.74, 6) is -2.63. The molecule has 3 atom stereocenters. The van der Waals surface area contributed by atoms with Gasteiger partial charge in [-0.05, 0) is 33.1 Å². The van der Waals surface area contributed by atoms with Gasteiger partial charge in [-0.2, -0.15) is 0 Å². The zero-order valence-electron chi connectivity index (χ0n) is 12.9. The molecule has 22 heavy (non-hydrogen) atoms. The summed E-state index contributed by atoms with van der Waals surface area (Å²) in [6.07, 6.45) is 1.13. The van der Waals surface area contributed by atoms with Gasteiger partial charge in [0, 0.05) is 18.9 Å². The molecule has 0 bridgehead atoms. The lowest BCUT2D eigenvalue weighted by atomic mass is 9.91. The molecule has 2 amide bonds. The Morgan fingerprint density at radius 1 is 1.55 bits per heavy atom. The molecule has 0 spiro atoms. The lowest BCUT2D eigenvalue weighted by Gasteiger charge is -2.26. The molecule has 1 rings (SSSR count). The smallest absolute Gasteiger partial charge is 0.326 e. The Morgan fingerprint density at radius 3 is 2.68 bits per heavy atom. The summed E-state index contributed by atoms with van der Waals surface area (Å²) < 4.78 is 13.5. The van der Waals surface area contributed by atoms with Crippen LogP contribution in [0.25, 0.3) is 0 Å². The molecule has 0 saturated carbocycles. The molecule has 126 valence electrons. The molecule has 0 aromatic carbocycles. The molecule has 1 aliphatic rings. The highest BCUT2D eigenvalue weighted by atomic mass is 19.1. The monoisotopic (exact) mass is 317 g/mol. The summed E-state index contributed by atoms with van der Waals surface area (Å²) >= 11 is 0. The number of piperidine rings is 1. The summed E-state index contributed by atoms with van der Waals surface area (Å²) in [6.45, 7) is 3.16. The van der Waals surface area contributed by atoms with Gasteiger partial charge in [0.15, 0.2) is 0 Å². The van der Waals surface area contributed by atoms with Crippen LogP contribution in [-0.2, 0) is 14.4 Å². The molecule has 0 radical (unpaired) electrons. The summed E-state index contributed by atoms with van der Waals surface area (Å²) in [5, 5.41) is 14.2. The molecular formula is C14H24FN3O4. The van der Waals surface area contributed by atoms with Gasteiger partial charge in [0.2, 0.25) is 11.8 Å². The molecular weight excluding hydrogens is 293 g/mol. The number of carbonyl (C=O) groups excluding carboxylic acids is 2. The topological polar surface area (TPSA) is 122 Å². The number of hydrogen-bond donors (Lipinski definition) is 4. The molecule has 7 nitrogen and oxygen atoms in total. The van der Waals surface area contributed by atoms with Gasteiger partial charge in [-0.25, -0.2) is 9.18 Å². The van der Waals surface area contributed by atoms with E-state index in [1.54, 1.807) is 0 Å². The van der Waals surface area contributed by atoms with Crippen molar-refractivity contribution in [3.63, 3.8) is 0 Å². The van der Waals surface area contributed by atoms with Gasteiger partial charge in [-0.1, -0.05) is 0 Å². The van der Waals surface area contributed by atoms with Crippen LogP contribution < -0.4 is 16.4 Å². The average Bonchev–Trinajstić information content (AvgIpc) is 2.38. The maximum atomic E-state index is 13.5. The van der Waals surface area contributed by atoms with E-state index in [0.29, 0.717) is 13.0 Å². The summed E-state index contributed by atoms with van der Waals surface area (Å²) in [6, 6.07) is -2.35. The van der Waals surface area contributed by atoms with Gasteiger partial charge in [-0.3, -0.25) is 9.59 Å². The van der Waals surface area contributed by atoms with Crippen LogP contribution in [0.3, 0.4) is 0 Å². The molecule has 1 heterocycles. The first-order valence-corrected chi connectivity index (χ1v) is 7.35. The van der Waals surface area contributed by atoms with E-state index in [1.165, 1.54) is 13.8 Å². The SMILES string of the molecule is CC(C)(F)CC(N)C(=O)NC(CC1CCCNC1=O)C(=O)O. The molecule has 0 aromatic rings. The number of nitrogens with one attached hydrogen (secondary N) is 2. The molecule has 1 aliphatic heterocycles. The van der Waals surface area contributed by atoms with Crippen molar-refractivity contribution in [2.45, 2.75) is 57.3 Å². The first-order valence-electron chi connectivity index (χ1n) is 7.35. The third kappa shape index (κ3) is 5.97. The van der Waals surface area contributed by atoms with Crippen LogP contribution in [0.5, 0.6) is 0 Å². The van der Waals surface area contributed by atoms with Crippen molar-refractivity contribution < 1.29 is 23.9 Å². The lowest BCUT2D eigenvalue weighted by Crippen LogP contribution is -2.51. The number of alkyl halides is 1. The second-order valence-corrected chi connectivity index (χ2v) is 6.29. The first kappa shape index (κ1) is 18.3. The van der Waals surface area contributed by atoms with Gasteiger partial charge >= 0.3 is 5.97 Å². The molecule has 3 unspecified atom stereocenters. The van der Waals surface area contributed by atoms with Crippen molar-refractivity contribution in [1.82, 2.24) is 10.6 Å². The average molecular weight is 317 g/mol. The van der Waals surface area contributed by atoms with Gasteiger partial charge in [0.05, 0.1) is 6.04 Å². The lowest BCUT2D eigenvalue weighted by molar-refractivity contribution is -0.143. The van der Waals surface area contributed by atoms with Gasteiger partial charge in [0.25, 0.3) is 0 Å². The minimum absolute atomic E-state index is 0.00134. The first-order chi connectivity index (χ1) is 10.1. The zero-order chi connectivity index (χ0) is 16.9. The standard InChI is InChI=1S/C14H24FN3O4/c1-14(2,15)7-9(16)12(20)18-10(13(21)22)6-8-4-3-5-17-11(8)19/h8-10H,3-7,16H2,1-2H3,(H,17,19)(H,18,20)(H,21,22). The number of aliphatic carboxylic acids is 1. The van der Waals surface area contributed by atoms with Crippen LogP contribution in [0, 0.1) is 5.92 Å². The predicted octanol–water partition coefficient (Wildman–Crippen LogP) is -0.0624. The maximum Gasteiger partial charge on any atom is 0.326 e. The fourth-order valence-corrected chi connectivity index (χ4v) is 2.46. The highest BCUT2D eigenvalue weighted by molar-refractivity contribution is 5.87. The molecule has 1 saturated heterocycles. The summed E-state index contributed by atoms with van der Waals surface area (Å²) in [4.78, 5) is 34.8. The van der Waals surface area contributed by atoms with Crippen molar-refractivity contribution in [3.05, 3.63) is 0 Å². The number of carboxylic acids is 1. The van der Waals surface area contributed by atoms with E-state index in [9.17, 15) is 23.9 Å². The van der Waals surface area contributed by atoms with Gasteiger partial charge in [-0.15, -0.1) is 0 Å². The Labute approximate surface area is 128 Å². The number of amides is 2. The maximum absolute atomic E-state index is 13.5. The second kappa shape index (κ2) is 7.53. The normalized spacial score (nSPS) is 21.6. The fraction of sp³-hybridized carbons (Fsp3) is 0.786. The molecule has 1 fully saturated rings. The van der Waals surface area contributed by atoms with Crippen LogP contribution in [-0.4, -0.2) is 47.2 Å². The Morgan fingerprint density at radius 2 is 2.18 bits per heavy atom. The Bertz CT molecular complexity index is 436. The highest BCUT2D eigenvalue weighted by Crippen LogP contribution is 2.18. The van der Waals surface area contributed by atoms with Crippen LogP contribution in [0.4, 0.5) is 4.39 Å². The number of halogens is 1. The van der Waals surface area contributed by atoms with Crippen molar-refractivity contribution in [3.8, 4) is 0 Å². The number of carboxylic acid groups (broad SMARTS) is 1. The Kier molecular flexibility index (Phi) is 6.28. The number of hydrogen-bond acceptors (Lipinski definition) is 4. The van der Waals surface area contributed by atoms with Gasteiger partial charge < -0.3 is 21.5 Å². The quantitative estimate of drug-likeness (QED) is 0.524. The minimum atomic E-state index is -1.63. The second-order valence-electron chi connectivity index (χ2n) is 6.29. The molecule has 0 aromatic heterocycles. The predicted molar refractivity (Wildman–Crippen MR) is 77.7 cm³/mol. The number of rotatable bonds is 7. The van der Waals surface area contributed by atoms with Crippen LogP contribution in [0.15, 0.2) is 0 Å². The number of carbonyl (C=O) groups is 3. The third-order valence-corrected chi connectivity index (χ3v) is 3.58. The molecule has 5 N–H and O–H groups in total. The largest absolute Gasteiger partial charge is 0.480 e. The van der Waals surface area contributed by atoms with Crippen LogP contribution in [0.2, 0.25) is 0 Å². The fourth-order valence-electron chi connectivity index (χ4n) is 2.46. The molecule has 0 aliphatic carbocycles. The van der Waals surface area contributed by atoms with Crippen LogP contribution >= 0.6 is 0 Å². The summed E-state index contributed by atoms with van der Waals surface area (Å²) in [7, 11) is 0. The van der Waals surface area contributed by atoms with E-state index in [-0.39, 0.29) is 18.7 Å². The van der Waals surface area contributed by atoms with Crippen LogP contribution in [0.1, 0.15) is 39.5 Å². The summed E-state index contributed by atoms with van der Waals surface area (Å²) in [5.41, 5.74) is 3.96. The van der Waals surface area contributed by atoms with E-state index < -0.39 is 35.5 Å². The van der Waals surface area contributed by atoms with Crippen molar-refractivity contribution in [2.24, 2.45) is 11.7 Å². The van der Waals surface area contributed by atoms with E-state index in [4.69, 9.17) is 5.73 Å². The van der Waals surface area contributed by atoms with E-state index >= 15 is 0 Å². The van der Waals surface area contributed by atoms with Crippen molar-refractivity contribution >= 4 is 17.8 Å². The molecule has 8 heteroatoms.